The van der Waals surface area contributed by atoms with Gasteiger partial charge in [-0.2, -0.15) is 0 Å². The van der Waals surface area contributed by atoms with Gasteiger partial charge in [-0.25, -0.2) is 4.57 Å². The summed E-state index contributed by atoms with van der Waals surface area (Å²) >= 11 is 0. The summed E-state index contributed by atoms with van der Waals surface area (Å²) in [5.74, 6) is 0. The zero-order valence-electron chi connectivity index (χ0n) is 20.8. The summed E-state index contributed by atoms with van der Waals surface area (Å²) in [7, 11) is 0.691. The van der Waals surface area contributed by atoms with Crippen molar-refractivity contribution in [1.29, 1.82) is 0 Å². The molecule has 0 aliphatic heterocycles. The van der Waals surface area contributed by atoms with Crippen LogP contribution in [0, 0.1) is 26.2 Å². The Kier molecular flexibility index (Phi) is 6.04. The summed E-state index contributed by atoms with van der Waals surface area (Å²) in [5, 5.41) is 4.29. The first-order valence-electron chi connectivity index (χ1n) is 11.4. The van der Waals surface area contributed by atoms with Crippen molar-refractivity contribution < 1.29 is 4.57 Å². The molecule has 0 saturated carbocycles. The predicted molar refractivity (Wildman–Crippen MR) is 136 cm³/mol. The zero-order chi connectivity index (χ0) is 22.4. The van der Waals surface area contributed by atoms with Gasteiger partial charge in [-0.05, 0) is 78.4 Å². The predicted octanol–water partition coefficient (Wildman–Crippen LogP) is 6.78. The van der Waals surface area contributed by atoms with Crippen molar-refractivity contribution in [1.82, 2.24) is 0 Å². The van der Waals surface area contributed by atoms with Crippen molar-refractivity contribution in [2.24, 2.45) is 12.5 Å². The Hall–Kier alpha value is -1.93. The maximum atomic E-state index is 2.52. The number of nitrogens with zero attached hydrogens (tertiary/aromatic N) is 1. The molecular weight excluding hydrogens is 378 g/mol. The van der Waals surface area contributed by atoms with Crippen LogP contribution in [-0.2, 0) is 13.5 Å². The quantitative estimate of drug-likeness (QED) is 0.325. The molecule has 0 spiro atoms. The molecule has 30 heavy (non-hydrogen) atoms. The minimum Gasteiger partial charge on any atom is -0.200 e. The molecule has 1 heterocycles. The molecule has 0 bridgehead atoms. The topological polar surface area (TPSA) is 3.88 Å². The largest absolute Gasteiger partial charge is 0.220 e. The highest BCUT2D eigenvalue weighted by Gasteiger charge is 2.30. The first kappa shape index (κ1) is 22.7. The number of hydrogen-bond donors (Lipinski definition) is 0. The summed E-state index contributed by atoms with van der Waals surface area (Å²) in [6.45, 7) is 21.2. The molecule has 0 aliphatic rings. The first-order chi connectivity index (χ1) is 13.9. The maximum Gasteiger partial charge on any atom is 0.220 e. The molecule has 0 radical (unpaired) electrons. The molecule has 0 fully saturated rings. The van der Waals surface area contributed by atoms with Crippen LogP contribution in [-0.4, -0.2) is 8.07 Å². The molecule has 2 aromatic carbocycles. The van der Waals surface area contributed by atoms with Crippen LogP contribution in [0.15, 0.2) is 36.5 Å². The van der Waals surface area contributed by atoms with Gasteiger partial charge in [-0.15, -0.1) is 0 Å². The van der Waals surface area contributed by atoms with Crippen LogP contribution in [0.25, 0.3) is 22.0 Å². The molecule has 0 aliphatic carbocycles. The molecule has 0 atom stereocenters. The van der Waals surface area contributed by atoms with Gasteiger partial charge in [-0.1, -0.05) is 58.1 Å². The lowest BCUT2D eigenvalue weighted by Gasteiger charge is -2.31. The minimum atomic E-state index is -1.49. The van der Waals surface area contributed by atoms with E-state index in [1.807, 2.05) is 0 Å². The third kappa shape index (κ3) is 4.25. The van der Waals surface area contributed by atoms with E-state index in [9.17, 15) is 0 Å². The van der Waals surface area contributed by atoms with Crippen molar-refractivity contribution in [2.75, 3.05) is 0 Å². The molecule has 160 valence electrons. The molecule has 0 amide bonds. The van der Waals surface area contributed by atoms with Crippen LogP contribution in [0.3, 0.4) is 0 Å². The molecular formula is C28H40NSi+. The summed E-state index contributed by atoms with van der Waals surface area (Å²) in [6.07, 6.45) is 3.31. The summed E-state index contributed by atoms with van der Waals surface area (Å²) < 4.78 is 2.30. The Balaban J connectivity index is 2.24. The number of rotatable bonds is 4. The maximum absolute atomic E-state index is 2.52. The van der Waals surface area contributed by atoms with Crippen molar-refractivity contribution in [2.45, 2.75) is 74.0 Å². The minimum absolute atomic E-state index is 0.367. The molecule has 3 aromatic rings. The van der Waals surface area contributed by atoms with Crippen molar-refractivity contribution >= 4 is 24.0 Å². The van der Waals surface area contributed by atoms with Crippen LogP contribution in [0.5, 0.6) is 0 Å². The highest BCUT2D eigenvalue weighted by molar-refractivity contribution is 6.90. The van der Waals surface area contributed by atoms with Crippen molar-refractivity contribution in [3.8, 4) is 11.3 Å². The number of fused-ring (bicyclic) bond motifs is 1. The summed E-state index contributed by atoms with van der Waals surface area (Å²) in [6, 6.07) is 13.3. The van der Waals surface area contributed by atoms with Gasteiger partial charge in [0.25, 0.3) is 0 Å². The number of pyridine rings is 1. The molecule has 2 heteroatoms. The number of benzene rings is 2. The third-order valence-corrected chi connectivity index (χ3v) is 10.7. The van der Waals surface area contributed by atoms with Gasteiger partial charge in [-0.3, -0.25) is 0 Å². The SMILES string of the molecule is CCc1cc(-c2c3ccc([Si](C)(C)CC(C)(C)C)cc3cc[n+]2C)c(C)c(C)c1C. The fourth-order valence-corrected chi connectivity index (χ4v) is 9.22. The second-order valence-corrected chi connectivity index (χ2v) is 15.7. The third-order valence-electron chi connectivity index (χ3n) is 6.86. The fraction of sp³-hybridized carbons (Fsp3) is 0.464. The van der Waals surface area contributed by atoms with E-state index < -0.39 is 8.07 Å². The van der Waals surface area contributed by atoms with Gasteiger partial charge in [0.05, 0.1) is 19.0 Å². The van der Waals surface area contributed by atoms with Crippen LogP contribution < -0.4 is 9.75 Å². The van der Waals surface area contributed by atoms with E-state index in [0.29, 0.717) is 5.41 Å². The second kappa shape index (κ2) is 7.96. The number of aryl methyl sites for hydroxylation is 2. The lowest BCUT2D eigenvalue weighted by atomic mass is 9.90. The van der Waals surface area contributed by atoms with E-state index >= 15 is 0 Å². The molecule has 0 unspecified atom stereocenters. The van der Waals surface area contributed by atoms with E-state index in [4.69, 9.17) is 0 Å². The standard InChI is InChI=1S/C28H40NSi/c1-11-22-17-26(21(4)19(2)20(22)3)27-25-13-12-24(16-23(25)14-15-29(27)8)30(9,10)18-28(5,6)7/h12-17H,11,18H2,1-10H3/q+1. The lowest BCUT2D eigenvalue weighted by Crippen LogP contribution is -2.44. The highest BCUT2D eigenvalue weighted by Crippen LogP contribution is 2.33. The lowest BCUT2D eigenvalue weighted by molar-refractivity contribution is -0.659. The first-order valence-corrected chi connectivity index (χ1v) is 14.6. The number of hydrogen-bond acceptors (Lipinski definition) is 0. The molecule has 1 nitrogen and oxygen atoms in total. The van der Waals surface area contributed by atoms with Gasteiger partial charge >= 0.3 is 0 Å². The van der Waals surface area contributed by atoms with Gasteiger partial charge in [0.2, 0.25) is 5.69 Å². The van der Waals surface area contributed by atoms with Gasteiger partial charge in [0.1, 0.15) is 7.05 Å². The van der Waals surface area contributed by atoms with E-state index in [2.05, 4.69) is 110 Å². The molecule has 0 saturated heterocycles. The molecule has 1 aromatic heterocycles. The van der Waals surface area contributed by atoms with E-state index in [1.165, 1.54) is 50.3 Å². The number of aromatic nitrogens is 1. The average Bonchev–Trinajstić information content (AvgIpc) is 2.65. The zero-order valence-corrected chi connectivity index (χ0v) is 21.8. The Labute approximate surface area is 185 Å². The van der Waals surface area contributed by atoms with Crippen LogP contribution in [0.4, 0.5) is 0 Å². The average molecular weight is 419 g/mol. The van der Waals surface area contributed by atoms with Crippen LogP contribution in [0.2, 0.25) is 19.1 Å². The fourth-order valence-electron chi connectivity index (χ4n) is 5.28. The monoisotopic (exact) mass is 418 g/mol. The van der Waals surface area contributed by atoms with Gasteiger partial charge < -0.3 is 0 Å². The Morgan fingerprint density at radius 1 is 0.900 bits per heavy atom. The van der Waals surface area contributed by atoms with Crippen LogP contribution >= 0.6 is 0 Å². The molecule has 0 N–H and O–H groups in total. The Morgan fingerprint density at radius 3 is 2.17 bits per heavy atom. The van der Waals surface area contributed by atoms with Gasteiger partial charge in [0, 0.05) is 6.07 Å². The van der Waals surface area contributed by atoms with E-state index in [-0.39, 0.29) is 0 Å². The van der Waals surface area contributed by atoms with E-state index in [0.717, 1.165) is 6.42 Å². The van der Waals surface area contributed by atoms with Crippen LogP contribution in [0.1, 0.15) is 49.9 Å². The summed E-state index contributed by atoms with van der Waals surface area (Å²) in [5.41, 5.74) is 8.81. The Bertz CT molecular complexity index is 1100. The van der Waals surface area contributed by atoms with E-state index in [1.54, 1.807) is 5.19 Å². The normalized spacial score (nSPS) is 12.6. The second-order valence-electron chi connectivity index (χ2n) is 11.0. The van der Waals surface area contributed by atoms with Gasteiger partial charge in [0.15, 0.2) is 6.20 Å². The smallest absolute Gasteiger partial charge is 0.200 e. The molecule has 3 rings (SSSR count). The van der Waals surface area contributed by atoms with Crippen molar-refractivity contribution in [3.05, 3.63) is 58.8 Å². The Morgan fingerprint density at radius 2 is 1.57 bits per heavy atom. The highest BCUT2D eigenvalue weighted by atomic mass is 28.3. The summed E-state index contributed by atoms with van der Waals surface area (Å²) in [4.78, 5) is 0. The van der Waals surface area contributed by atoms with Crippen molar-refractivity contribution in [3.63, 3.8) is 0 Å².